The number of rotatable bonds is 5. The molecule has 0 saturated carbocycles. The quantitative estimate of drug-likeness (QED) is 0.601. The Balaban J connectivity index is 1.45. The minimum atomic E-state index is 0.520. The summed E-state index contributed by atoms with van der Waals surface area (Å²) in [6.07, 6.45) is 8.75. The van der Waals surface area contributed by atoms with Crippen LogP contribution in [0, 0.1) is 0 Å². The molecule has 0 N–H and O–H groups in total. The molecule has 3 rings (SSSR count). The Kier molecular flexibility index (Phi) is 4.54. The molecule has 2 aliphatic rings. The average Bonchev–Trinajstić information content (AvgIpc) is 2.45. The predicted molar refractivity (Wildman–Crippen MR) is 82.9 cm³/mol. The lowest BCUT2D eigenvalue weighted by atomic mass is 9.91. The molecule has 2 heteroatoms. The molecule has 108 valence electrons. The normalized spacial score (nSPS) is 26.4. The molecule has 1 fully saturated rings. The van der Waals surface area contributed by atoms with E-state index in [1.807, 2.05) is 0 Å². The number of ether oxygens (including phenoxy) is 1. The second-order valence-electron chi connectivity index (χ2n) is 6.15. The lowest BCUT2D eigenvalue weighted by Crippen LogP contribution is -2.51. The van der Waals surface area contributed by atoms with E-state index in [1.165, 1.54) is 37.7 Å². The average molecular weight is 271 g/mol. The lowest BCUT2D eigenvalue weighted by molar-refractivity contribution is -0.0262. The van der Waals surface area contributed by atoms with Gasteiger partial charge in [-0.1, -0.05) is 42.0 Å². The monoisotopic (exact) mass is 271 g/mol. The maximum absolute atomic E-state index is 5.65. The highest BCUT2D eigenvalue weighted by Crippen LogP contribution is 2.28. The molecule has 2 bridgehead atoms. The highest BCUT2D eigenvalue weighted by molar-refractivity contribution is 5.16. The van der Waals surface area contributed by atoms with Crippen molar-refractivity contribution in [2.45, 2.75) is 44.2 Å². The number of fused-ring (bicyclic) bond motifs is 2. The van der Waals surface area contributed by atoms with Gasteiger partial charge in [0.05, 0.1) is 19.3 Å². The summed E-state index contributed by atoms with van der Waals surface area (Å²) in [6.45, 7) is 1.79. The van der Waals surface area contributed by atoms with Gasteiger partial charge in [-0.25, -0.2) is 0 Å². The SMILES string of the molecule is CN1C2C=C(CCCCc3ccccc3)CC1COC2. The number of nitrogens with zero attached hydrogens (tertiary/aromatic N) is 1. The first-order valence-corrected chi connectivity index (χ1v) is 7.86. The molecule has 1 saturated heterocycles. The minimum absolute atomic E-state index is 0.520. The molecule has 0 spiro atoms. The molecule has 2 aliphatic heterocycles. The fraction of sp³-hybridized carbons (Fsp3) is 0.556. The van der Waals surface area contributed by atoms with Crippen molar-refractivity contribution < 1.29 is 4.74 Å². The summed E-state index contributed by atoms with van der Waals surface area (Å²) >= 11 is 0. The van der Waals surface area contributed by atoms with Gasteiger partial charge in [-0.15, -0.1) is 0 Å². The molecule has 2 unspecified atom stereocenters. The van der Waals surface area contributed by atoms with Gasteiger partial charge in [-0.05, 0) is 44.7 Å². The van der Waals surface area contributed by atoms with Crippen molar-refractivity contribution in [3.63, 3.8) is 0 Å². The minimum Gasteiger partial charge on any atom is -0.378 e. The van der Waals surface area contributed by atoms with Crippen molar-refractivity contribution in [1.82, 2.24) is 4.90 Å². The van der Waals surface area contributed by atoms with Crippen LogP contribution in [0.5, 0.6) is 0 Å². The second kappa shape index (κ2) is 6.55. The maximum atomic E-state index is 5.65. The number of unbranched alkanes of at least 4 members (excludes halogenated alkanes) is 1. The number of hydrogen-bond donors (Lipinski definition) is 0. The molecule has 0 aliphatic carbocycles. The van der Waals surface area contributed by atoms with Gasteiger partial charge in [-0.2, -0.15) is 0 Å². The zero-order chi connectivity index (χ0) is 13.8. The van der Waals surface area contributed by atoms with E-state index in [-0.39, 0.29) is 0 Å². The zero-order valence-corrected chi connectivity index (χ0v) is 12.4. The van der Waals surface area contributed by atoms with Crippen LogP contribution >= 0.6 is 0 Å². The standard InChI is InChI=1S/C18H25NO/c1-19-17-11-16(12-18(19)14-20-13-17)10-6-5-9-15-7-3-2-4-8-15/h2-4,7-8,11,17-18H,5-6,9-10,12-14H2,1H3. The summed E-state index contributed by atoms with van der Waals surface area (Å²) in [5, 5.41) is 0. The maximum Gasteiger partial charge on any atom is 0.0658 e. The lowest BCUT2D eigenvalue weighted by Gasteiger charge is -2.42. The third-order valence-electron chi connectivity index (χ3n) is 4.68. The summed E-state index contributed by atoms with van der Waals surface area (Å²) in [5.74, 6) is 0. The Morgan fingerprint density at radius 3 is 2.70 bits per heavy atom. The Labute approximate surface area is 122 Å². The smallest absolute Gasteiger partial charge is 0.0658 e. The van der Waals surface area contributed by atoms with E-state index in [4.69, 9.17) is 4.74 Å². The van der Waals surface area contributed by atoms with E-state index >= 15 is 0 Å². The zero-order valence-electron chi connectivity index (χ0n) is 12.4. The first kappa shape index (κ1) is 13.8. The molecule has 2 heterocycles. The van der Waals surface area contributed by atoms with Gasteiger partial charge in [0.25, 0.3) is 0 Å². The van der Waals surface area contributed by atoms with Crippen LogP contribution in [-0.2, 0) is 11.2 Å². The summed E-state index contributed by atoms with van der Waals surface area (Å²) in [6, 6.07) is 12.0. The van der Waals surface area contributed by atoms with E-state index in [0.29, 0.717) is 12.1 Å². The van der Waals surface area contributed by atoms with E-state index in [2.05, 4.69) is 48.4 Å². The summed E-state index contributed by atoms with van der Waals surface area (Å²) in [7, 11) is 2.24. The van der Waals surface area contributed by atoms with Gasteiger partial charge in [0.1, 0.15) is 0 Å². The fourth-order valence-electron chi connectivity index (χ4n) is 3.35. The summed E-state index contributed by atoms with van der Waals surface area (Å²) < 4.78 is 5.65. The molecule has 2 atom stereocenters. The van der Waals surface area contributed by atoms with Crippen LogP contribution in [0.25, 0.3) is 0 Å². The van der Waals surface area contributed by atoms with Crippen LogP contribution in [0.15, 0.2) is 42.0 Å². The highest BCUT2D eigenvalue weighted by Gasteiger charge is 2.31. The molecule has 1 aromatic carbocycles. The molecular formula is C18H25NO. The number of benzene rings is 1. The van der Waals surface area contributed by atoms with Crippen LogP contribution < -0.4 is 0 Å². The van der Waals surface area contributed by atoms with E-state index < -0.39 is 0 Å². The first-order chi connectivity index (χ1) is 9.83. The highest BCUT2D eigenvalue weighted by atomic mass is 16.5. The van der Waals surface area contributed by atoms with E-state index in [9.17, 15) is 0 Å². The molecule has 20 heavy (non-hydrogen) atoms. The molecule has 0 amide bonds. The Bertz CT molecular complexity index is 454. The fourth-order valence-corrected chi connectivity index (χ4v) is 3.35. The molecule has 0 radical (unpaired) electrons. The van der Waals surface area contributed by atoms with Crippen LogP contribution in [0.3, 0.4) is 0 Å². The van der Waals surface area contributed by atoms with Crippen molar-refractivity contribution in [3.05, 3.63) is 47.5 Å². The van der Waals surface area contributed by atoms with Gasteiger partial charge >= 0.3 is 0 Å². The number of morpholine rings is 1. The second-order valence-corrected chi connectivity index (χ2v) is 6.15. The van der Waals surface area contributed by atoms with Gasteiger partial charge in [-0.3, -0.25) is 4.90 Å². The molecular weight excluding hydrogens is 246 g/mol. The number of aryl methyl sites for hydroxylation is 1. The number of hydrogen-bond acceptors (Lipinski definition) is 2. The van der Waals surface area contributed by atoms with Crippen LogP contribution in [0.1, 0.15) is 31.2 Å². The molecule has 1 aromatic rings. The summed E-state index contributed by atoms with van der Waals surface area (Å²) in [4.78, 5) is 2.48. The van der Waals surface area contributed by atoms with Gasteiger partial charge < -0.3 is 4.74 Å². The van der Waals surface area contributed by atoms with Gasteiger partial charge in [0.15, 0.2) is 0 Å². The van der Waals surface area contributed by atoms with Crippen molar-refractivity contribution >= 4 is 0 Å². The number of likely N-dealkylation sites (N-methyl/N-ethyl adjacent to an activating group) is 1. The Hall–Kier alpha value is -1.12. The Morgan fingerprint density at radius 1 is 1.10 bits per heavy atom. The van der Waals surface area contributed by atoms with Gasteiger partial charge in [0.2, 0.25) is 0 Å². The van der Waals surface area contributed by atoms with E-state index in [1.54, 1.807) is 5.57 Å². The van der Waals surface area contributed by atoms with Crippen molar-refractivity contribution in [3.8, 4) is 0 Å². The van der Waals surface area contributed by atoms with Crippen LogP contribution in [0.2, 0.25) is 0 Å². The van der Waals surface area contributed by atoms with Crippen molar-refractivity contribution in [1.29, 1.82) is 0 Å². The first-order valence-electron chi connectivity index (χ1n) is 7.86. The van der Waals surface area contributed by atoms with E-state index in [0.717, 1.165) is 13.2 Å². The third-order valence-corrected chi connectivity index (χ3v) is 4.68. The Morgan fingerprint density at radius 2 is 1.90 bits per heavy atom. The van der Waals surface area contributed by atoms with Crippen molar-refractivity contribution in [2.75, 3.05) is 20.3 Å². The van der Waals surface area contributed by atoms with Crippen molar-refractivity contribution in [2.24, 2.45) is 0 Å². The third kappa shape index (κ3) is 3.31. The summed E-state index contributed by atoms with van der Waals surface area (Å²) in [5.41, 5.74) is 3.13. The van der Waals surface area contributed by atoms with Gasteiger partial charge in [0, 0.05) is 6.04 Å². The molecule has 0 aromatic heterocycles. The molecule has 2 nitrogen and oxygen atoms in total. The predicted octanol–water partition coefficient (Wildman–Crippen LogP) is 3.43. The largest absolute Gasteiger partial charge is 0.378 e. The topological polar surface area (TPSA) is 12.5 Å². The van der Waals surface area contributed by atoms with Crippen LogP contribution in [-0.4, -0.2) is 37.2 Å². The van der Waals surface area contributed by atoms with Crippen LogP contribution in [0.4, 0.5) is 0 Å².